The summed E-state index contributed by atoms with van der Waals surface area (Å²) in [6, 6.07) is 8.87. The number of nitrogens with one attached hydrogen (secondary N) is 2. The highest BCUT2D eigenvalue weighted by Crippen LogP contribution is 2.39. The average molecular weight is 603 g/mol. The molecule has 4 rings (SSSR count). The predicted octanol–water partition coefficient (Wildman–Crippen LogP) is 2.72. The average Bonchev–Trinajstić information content (AvgIpc) is 3.41. The van der Waals surface area contributed by atoms with Crippen LogP contribution in [0.25, 0.3) is 10.9 Å². The van der Waals surface area contributed by atoms with E-state index in [4.69, 9.17) is 11.5 Å². The molecule has 12 nitrogen and oxygen atoms in total. The lowest BCUT2D eigenvalue weighted by Gasteiger charge is -2.30. The van der Waals surface area contributed by atoms with Crippen LogP contribution in [-0.4, -0.2) is 61.5 Å². The number of aryl methyl sites for hydroxylation is 1. The number of hydrogen-bond acceptors (Lipinski definition) is 8. The number of benzene rings is 2. The van der Waals surface area contributed by atoms with Gasteiger partial charge in [-0.25, -0.2) is 9.78 Å². The number of H-pyrrole nitrogens is 1. The molecule has 12 heteroatoms. The van der Waals surface area contributed by atoms with Crippen LogP contribution in [0, 0.1) is 12.3 Å². The van der Waals surface area contributed by atoms with Crippen LogP contribution in [0.2, 0.25) is 0 Å². The summed E-state index contributed by atoms with van der Waals surface area (Å²) >= 11 is 0. The molecule has 0 radical (unpaired) electrons. The van der Waals surface area contributed by atoms with Crippen LogP contribution in [0.1, 0.15) is 78.3 Å². The van der Waals surface area contributed by atoms with E-state index < -0.39 is 23.9 Å². The number of anilines is 1. The summed E-state index contributed by atoms with van der Waals surface area (Å²) in [5.74, 6) is -0.115. The van der Waals surface area contributed by atoms with Crippen molar-refractivity contribution in [2.45, 2.75) is 70.1 Å². The molecule has 2 aromatic carbocycles. The van der Waals surface area contributed by atoms with Crippen LogP contribution in [0.5, 0.6) is 0 Å². The summed E-state index contributed by atoms with van der Waals surface area (Å²) in [4.78, 5) is 68.9. The smallest absolute Gasteiger partial charge is 0.326 e. The molecule has 0 spiro atoms. The fourth-order valence-corrected chi connectivity index (χ4v) is 5.48. The van der Waals surface area contributed by atoms with Crippen molar-refractivity contribution in [2.24, 2.45) is 0 Å². The Hall–Kier alpha value is -5.02. The second-order valence-electron chi connectivity index (χ2n) is 10.7. The first-order valence-corrected chi connectivity index (χ1v) is 14.3. The van der Waals surface area contributed by atoms with Gasteiger partial charge in [-0.15, -0.1) is 6.42 Å². The monoisotopic (exact) mass is 602 g/mol. The van der Waals surface area contributed by atoms with Gasteiger partial charge in [0.2, 0.25) is 0 Å². The van der Waals surface area contributed by atoms with Gasteiger partial charge in [0.1, 0.15) is 24.3 Å². The van der Waals surface area contributed by atoms with E-state index in [-0.39, 0.29) is 67.6 Å². The second kappa shape index (κ2) is 14.4. The molecular weight excluding hydrogens is 568 g/mol. The molecule has 1 heterocycles. The first kappa shape index (κ1) is 31.9. The van der Waals surface area contributed by atoms with Crippen LogP contribution >= 0.6 is 0 Å². The van der Waals surface area contributed by atoms with Gasteiger partial charge in [0.05, 0.1) is 23.5 Å². The van der Waals surface area contributed by atoms with Gasteiger partial charge < -0.3 is 30.5 Å². The SMILES string of the molecule is C#CCN(c1ccc(C(=O)N[C@@H](CCC(=O)CCCCC(=O)O)C(=O)O)cc1)C1CCc2cc3nc(CO)[nH]c(=O)c3cc21. The molecule has 0 aliphatic heterocycles. The Labute approximate surface area is 253 Å². The number of aliphatic hydroxyl groups is 1. The molecular formula is C32H34N4O8. The molecule has 1 aromatic heterocycles. The largest absolute Gasteiger partial charge is 0.481 e. The Balaban J connectivity index is 1.44. The minimum absolute atomic E-state index is 0.0306. The summed E-state index contributed by atoms with van der Waals surface area (Å²) in [5, 5.41) is 30.5. The molecule has 0 fully saturated rings. The second-order valence-corrected chi connectivity index (χ2v) is 10.7. The number of carbonyl (C=O) groups excluding carboxylic acids is 2. The number of aliphatic hydroxyl groups excluding tert-OH is 1. The quantitative estimate of drug-likeness (QED) is 0.128. The molecule has 0 saturated heterocycles. The molecule has 230 valence electrons. The van der Waals surface area contributed by atoms with Crippen molar-refractivity contribution >= 4 is 40.2 Å². The molecule has 0 bridgehead atoms. The van der Waals surface area contributed by atoms with E-state index >= 15 is 0 Å². The number of amides is 1. The highest BCUT2D eigenvalue weighted by atomic mass is 16.4. The molecule has 1 aliphatic rings. The third-order valence-corrected chi connectivity index (χ3v) is 7.72. The van der Waals surface area contributed by atoms with E-state index in [9.17, 15) is 34.2 Å². The lowest BCUT2D eigenvalue weighted by atomic mass is 10.0. The molecule has 44 heavy (non-hydrogen) atoms. The number of aromatic nitrogens is 2. The summed E-state index contributed by atoms with van der Waals surface area (Å²) < 4.78 is 0. The molecule has 0 saturated carbocycles. The third kappa shape index (κ3) is 7.67. The Kier molecular flexibility index (Phi) is 10.5. The minimum atomic E-state index is -1.26. The molecule has 5 N–H and O–H groups in total. The topological polar surface area (TPSA) is 190 Å². The number of rotatable bonds is 15. The van der Waals surface area contributed by atoms with E-state index in [1.54, 1.807) is 24.3 Å². The van der Waals surface area contributed by atoms with E-state index in [1.807, 2.05) is 17.0 Å². The van der Waals surface area contributed by atoms with Gasteiger partial charge >= 0.3 is 11.9 Å². The van der Waals surface area contributed by atoms with Gasteiger partial charge in [0.25, 0.3) is 11.5 Å². The maximum atomic E-state index is 12.9. The first-order valence-electron chi connectivity index (χ1n) is 14.3. The molecule has 1 aliphatic carbocycles. The molecule has 1 amide bonds. The van der Waals surface area contributed by atoms with Crippen LogP contribution in [0.15, 0.2) is 41.2 Å². The summed E-state index contributed by atoms with van der Waals surface area (Å²) in [5.41, 5.74) is 3.11. The van der Waals surface area contributed by atoms with Crippen molar-refractivity contribution in [1.29, 1.82) is 0 Å². The first-order chi connectivity index (χ1) is 21.1. The maximum absolute atomic E-state index is 12.9. The number of ketones is 1. The number of nitrogens with zero attached hydrogens (tertiary/aromatic N) is 2. The van der Waals surface area contributed by atoms with E-state index in [0.717, 1.165) is 29.7 Å². The van der Waals surface area contributed by atoms with Crippen LogP contribution < -0.4 is 15.8 Å². The number of carboxylic acids is 2. The van der Waals surface area contributed by atoms with Gasteiger partial charge in [-0.05, 0) is 79.6 Å². The highest BCUT2D eigenvalue weighted by molar-refractivity contribution is 5.97. The van der Waals surface area contributed by atoms with Crippen molar-refractivity contribution in [3.63, 3.8) is 0 Å². The molecule has 3 aromatic rings. The van der Waals surface area contributed by atoms with Crippen molar-refractivity contribution in [3.05, 3.63) is 69.3 Å². The van der Waals surface area contributed by atoms with Crippen LogP contribution in [0.3, 0.4) is 0 Å². The number of aromatic amines is 1. The molecule has 2 atom stereocenters. The van der Waals surface area contributed by atoms with Crippen molar-refractivity contribution in [1.82, 2.24) is 15.3 Å². The predicted molar refractivity (Wildman–Crippen MR) is 161 cm³/mol. The summed E-state index contributed by atoms with van der Waals surface area (Å²) in [6.07, 6.45) is 7.95. The van der Waals surface area contributed by atoms with E-state index in [2.05, 4.69) is 21.2 Å². The third-order valence-electron chi connectivity index (χ3n) is 7.72. The lowest BCUT2D eigenvalue weighted by molar-refractivity contribution is -0.140. The van der Waals surface area contributed by atoms with E-state index in [1.165, 1.54) is 0 Å². The fourth-order valence-electron chi connectivity index (χ4n) is 5.48. The maximum Gasteiger partial charge on any atom is 0.326 e. The number of hydrogen-bond donors (Lipinski definition) is 5. The number of carboxylic acid groups (broad SMARTS) is 2. The fraction of sp³-hybridized carbons (Fsp3) is 0.375. The summed E-state index contributed by atoms with van der Waals surface area (Å²) in [6.45, 7) is -0.111. The van der Waals surface area contributed by atoms with Crippen molar-refractivity contribution in [3.8, 4) is 12.3 Å². The standard InChI is InChI=1S/C32H34N4O8/c1-2-15-36(27-14-9-20-16-26-24(17-23(20)27)31(42)35-28(18-37)33-26)21-10-7-19(8-11-21)30(41)34-25(32(43)44)13-12-22(38)5-3-4-6-29(39)40/h1,7-8,10-11,16-17,25,27,37H,3-6,9,12-15,18H2,(H,34,41)(H,39,40)(H,43,44)(H,33,35,42)/t25-,27?/m0/s1. The normalized spacial score (nSPS) is 14.4. The van der Waals surface area contributed by atoms with E-state index in [0.29, 0.717) is 23.7 Å². The zero-order valence-corrected chi connectivity index (χ0v) is 24.0. The Morgan fingerprint density at radius 2 is 1.82 bits per heavy atom. The highest BCUT2D eigenvalue weighted by Gasteiger charge is 2.29. The number of unbranched alkanes of at least 4 members (excludes halogenated alkanes) is 1. The van der Waals surface area contributed by atoms with Gasteiger partial charge in [0.15, 0.2) is 0 Å². The van der Waals surface area contributed by atoms with Crippen LogP contribution in [-0.2, 0) is 27.4 Å². The lowest BCUT2D eigenvalue weighted by Crippen LogP contribution is -2.41. The number of fused-ring (bicyclic) bond motifs is 2. The number of terminal acetylenes is 1. The zero-order chi connectivity index (χ0) is 31.8. The summed E-state index contributed by atoms with van der Waals surface area (Å²) in [7, 11) is 0. The Bertz CT molecular complexity index is 1660. The van der Waals surface area contributed by atoms with Gasteiger partial charge in [0, 0.05) is 30.5 Å². The van der Waals surface area contributed by atoms with Crippen LogP contribution in [0.4, 0.5) is 5.69 Å². The van der Waals surface area contributed by atoms with Crippen molar-refractivity contribution < 1.29 is 34.5 Å². The Morgan fingerprint density at radius 1 is 1.09 bits per heavy atom. The van der Waals surface area contributed by atoms with Crippen molar-refractivity contribution in [2.75, 3.05) is 11.4 Å². The minimum Gasteiger partial charge on any atom is -0.481 e. The number of carbonyl (C=O) groups is 4. The zero-order valence-electron chi connectivity index (χ0n) is 24.0. The number of Topliss-reactive ketones (excluding diaryl/α,β-unsaturated/α-hetero) is 1. The van der Waals surface area contributed by atoms with Gasteiger partial charge in [-0.2, -0.15) is 0 Å². The Morgan fingerprint density at radius 3 is 2.48 bits per heavy atom. The number of aliphatic carboxylic acids is 2. The van der Waals surface area contributed by atoms with Gasteiger partial charge in [-0.1, -0.05) is 5.92 Å². The molecule has 1 unspecified atom stereocenters. The van der Waals surface area contributed by atoms with Gasteiger partial charge in [-0.3, -0.25) is 19.2 Å².